The number of ketones is 1. The third kappa shape index (κ3) is 9.93. The number of carbonyl (C=O) groups is 2. The molecule has 64 heavy (non-hydrogen) atoms. The standard InChI is InChI=1S/C54H52F3NO6/c1-36-9-8-29-52(2)49(47-27-17-38(31-44(59)23-14-36)32-48(47)50(60)42-20-18-41(19-21-42)39-10-4-3-5-11-39)28-30-53(52,62)35-58(34-37-15-24-45(25-16-37)64-54(55,56)57)51(61)63-46-26-22-40-12-6-7-13-43(40)33-46/h3-7,9-13,15-22,24-27,32-33,44,49,59,62H,8,14,23,28-31,34-35H2,1-2H3. The van der Waals surface area contributed by atoms with Gasteiger partial charge in [0, 0.05) is 23.1 Å². The second-order valence-electron chi connectivity index (χ2n) is 17.6. The number of benzene rings is 6. The van der Waals surface area contributed by atoms with Crippen LogP contribution in [0.5, 0.6) is 11.5 Å². The van der Waals surface area contributed by atoms with Crippen molar-refractivity contribution in [3.05, 3.63) is 179 Å². The van der Waals surface area contributed by atoms with Crippen LogP contribution in [0, 0.1) is 5.41 Å². The van der Waals surface area contributed by atoms with Crippen LogP contribution >= 0.6 is 0 Å². The van der Waals surface area contributed by atoms with Crippen molar-refractivity contribution in [2.24, 2.45) is 5.41 Å². The fourth-order valence-electron chi connectivity index (χ4n) is 9.71. The average molecular weight is 868 g/mol. The maximum absolute atomic E-state index is 14.8. The molecule has 330 valence electrons. The van der Waals surface area contributed by atoms with Gasteiger partial charge in [0.2, 0.25) is 0 Å². The van der Waals surface area contributed by atoms with Crippen LogP contribution in [0.2, 0.25) is 0 Å². The van der Waals surface area contributed by atoms with Crippen molar-refractivity contribution in [3.63, 3.8) is 0 Å². The zero-order valence-electron chi connectivity index (χ0n) is 36.0. The number of allylic oxidation sites excluding steroid dienone is 2. The Kier molecular flexibility index (Phi) is 12.8. The van der Waals surface area contributed by atoms with E-state index in [-0.39, 0.29) is 31.2 Å². The van der Waals surface area contributed by atoms with E-state index in [0.717, 1.165) is 38.6 Å². The van der Waals surface area contributed by atoms with Crippen LogP contribution in [0.1, 0.15) is 90.9 Å². The number of ether oxygens (including phenoxy) is 2. The molecule has 4 atom stereocenters. The molecule has 2 N–H and O–H groups in total. The van der Waals surface area contributed by atoms with Crippen LogP contribution in [-0.4, -0.2) is 51.6 Å². The molecule has 1 amide bonds. The summed E-state index contributed by atoms with van der Waals surface area (Å²) in [6, 6.07) is 41.6. The van der Waals surface area contributed by atoms with Crippen molar-refractivity contribution in [1.82, 2.24) is 4.90 Å². The highest BCUT2D eigenvalue weighted by atomic mass is 19.4. The summed E-state index contributed by atoms with van der Waals surface area (Å²) in [5, 5.41) is 26.2. The van der Waals surface area contributed by atoms with Crippen LogP contribution < -0.4 is 9.47 Å². The van der Waals surface area contributed by atoms with E-state index in [1.54, 1.807) is 12.1 Å². The van der Waals surface area contributed by atoms with E-state index in [1.807, 2.05) is 117 Å². The normalized spacial score (nSPS) is 21.4. The number of halogens is 3. The van der Waals surface area contributed by atoms with Crippen molar-refractivity contribution >= 4 is 22.6 Å². The van der Waals surface area contributed by atoms with E-state index in [1.165, 1.54) is 29.2 Å². The Bertz CT molecular complexity index is 2650. The second-order valence-corrected chi connectivity index (χ2v) is 17.6. The molecule has 10 heteroatoms. The van der Waals surface area contributed by atoms with Gasteiger partial charge in [-0.1, -0.05) is 128 Å². The molecule has 7 nitrogen and oxygen atoms in total. The lowest BCUT2D eigenvalue weighted by molar-refractivity contribution is -0.274. The molecule has 0 spiro atoms. The van der Waals surface area contributed by atoms with Gasteiger partial charge in [0.25, 0.3) is 0 Å². The molecule has 0 radical (unpaired) electrons. The third-order valence-electron chi connectivity index (χ3n) is 13.3. The van der Waals surface area contributed by atoms with E-state index in [4.69, 9.17) is 4.74 Å². The fraction of sp³-hybridized carbons (Fsp3) is 0.296. The molecule has 9 rings (SSSR count). The van der Waals surface area contributed by atoms with Crippen LogP contribution in [0.3, 0.4) is 0 Å². The van der Waals surface area contributed by atoms with Crippen LogP contribution in [0.4, 0.5) is 18.0 Å². The fourth-order valence-corrected chi connectivity index (χ4v) is 9.71. The van der Waals surface area contributed by atoms with Crippen molar-refractivity contribution in [2.45, 2.75) is 89.3 Å². The minimum absolute atomic E-state index is 0.0828. The Balaban J connectivity index is 1.16. The zero-order chi connectivity index (χ0) is 45.1. The summed E-state index contributed by atoms with van der Waals surface area (Å²) in [5.74, 6) is -0.584. The van der Waals surface area contributed by atoms with Gasteiger partial charge < -0.3 is 24.6 Å². The first-order valence-corrected chi connectivity index (χ1v) is 21.9. The molecule has 1 saturated carbocycles. The van der Waals surface area contributed by atoms with Crippen LogP contribution in [0.25, 0.3) is 21.9 Å². The van der Waals surface area contributed by atoms with Gasteiger partial charge in [0.1, 0.15) is 11.5 Å². The number of rotatable bonds is 9. The summed E-state index contributed by atoms with van der Waals surface area (Å²) in [5.41, 5.74) is 3.89. The Morgan fingerprint density at radius 3 is 2.20 bits per heavy atom. The summed E-state index contributed by atoms with van der Waals surface area (Å²) in [4.78, 5) is 30.6. The number of amides is 1. The van der Waals surface area contributed by atoms with Crippen molar-refractivity contribution in [3.8, 4) is 22.6 Å². The molecule has 3 aliphatic rings. The Morgan fingerprint density at radius 1 is 0.781 bits per heavy atom. The number of fused-ring (bicyclic) bond motifs is 9. The number of carbonyl (C=O) groups excluding carboxylic acids is 2. The van der Waals surface area contributed by atoms with Gasteiger partial charge in [-0.05, 0) is 127 Å². The predicted molar refractivity (Wildman–Crippen MR) is 242 cm³/mol. The number of hydrogen-bond donors (Lipinski definition) is 2. The first-order chi connectivity index (χ1) is 30.7. The van der Waals surface area contributed by atoms with Crippen LogP contribution in [0.15, 0.2) is 151 Å². The van der Waals surface area contributed by atoms with E-state index in [2.05, 4.69) is 10.8 Å². The molecule has 6 aromatic rings. The van der Waals surface area contributed by atoms with E-state index < -0.39 is 35.3 Å². The topological polar surface area (TPSA) is 96.3 Å². The molecule has 0 saturated heterocycles. The Morgan fingerprint density at radius 2 is 1.47 bits per heavy atom. The quantitative estimate of drug-likeness (QED) is 0.111. The minimum atomic E-state index is -4.87. The molecule has 0 heterocycles. The van der Waals surface area contributed by atoms with Crippen molar-refractivity contribution in [1.29, 1.82) is 0 Å². The largest absolute Gasteiger partial charge is 0.573 e. The van der Waals surface area contributed by atoms with Crippen LogP contribution in [-0.2, 0) is 13.0 Å². The second kappa shape index (κ2) is 18.5. The van der Waals surface area contributed by atoms with Gasteiger partial charge in [-0.25, -0.2) is 4.79 Å². The highest BCUT2D eigenvalue weighted by Crippen LogP contribution is 2.59. The summed E-state index contributed by atoms with van der Waals surface area (Å²) < 4.78 is 49.3. The Labute approximate surface area is 371 Å². The molecule has 0 aliphatic heterocycles. The number of aliphatic hydroxyl groups excluding tert-OH is 1. The van der Waals surface area contributed by atoms with Gasteiger partial charge in [-0.15, -0.1) is 13.2 Å². The average Bonchev–Trinajstić information content (AvgIpc) is 3.53. The lowest BCUT2D eigenvalue weighted by atomic mass is 9.64. The zero-order valence-corrected chi connectivity index (χ0v) is 36.0. The molecular formula is C54H52F3NO6. The lowest BCUT2D eigenvalue weighted by Crippen LogP contribution is -2.54. The molecule has 4 unspecified atom stereocenters. The maximum atomic E-state index is 14.8. The number of aliphatic hydroxyl groups is 2. The molecule has 3 aliphatic carbocycles. The van der Waals surface area contributed by atoms with Gasteiger partial charge in [0.15, 0.2) is 5.78 Å². The molecule has 0 aromatic heterocycles. The SMILES string of the molecule is CC1=CCCC2(C)C(CCC2(O)CN(Cc2ccc(OC(F)(F)F)cc2)C(=O)Oc2ccc3ccccc3c2)c2ccc(cc2C(=O)c2ccc(-c3ccccc3)cc2)CC(O)CC1. The molecule has 6 aromatic carbocycles. The number of alkyl halides is 3. The first kappa shape index (κ1) is 44.4. The summed E-state index contributed by atoms with van der Waals surface area (Å²) in [7, 11) is 0. The van der Waals surface area contributed by atoms with Gasteiger partial charge in [0.05, 0.1) is 18.2 Å². The van der Waals surface area contributed by atoms with Gasteiger partial charge in [-0.3, -0.25) is 4.79 Å². The molecule has 1 fully saturated rings. The number of nitrogens with zero attached hydrogens (tertiary/aromatic N) is 1. The van der Waals surface area contributed by atoms with Crippen molar-refractivity contribution < 1.29 is 42.4 Å². The van der Waals surface area contributed by atoms with E-state index in [9.17, 15) is 33.0 Å². The summed E-state index contributed by atoms with van der Waals surface area (Å²) in [6.45, 7) is 3.84. The minimum Gasteiger partial charge on any atom is -0.410 e. The predicted octanol–water partition coefficient (Wildman–Crippen LogP) is 12.4. The Hall–Kier alpha value is -6.23. The lowest BCUT2D eigenvalue weighted by Gasteiger charge is -2.46. The highest BCUT2D eigenvalue weighted by molar-refractivity contribution is 6.10. The summed E-state index contributed by atoms with van der Waals surface area (Å²) in [6.07, 6.45) is -0.539. The van der Waals surface area contributed by atoms with Crippen molar-refractivity contribution in [2.75, 3.05) is 6.54 Å². The first-order valence-electron chi connectivity index (χ1n) is 21.9. The third-order valence-corrected chi connectivity index (χ3v) is 13.3. The van der Waals surface area contributed by atoms with Gasteiger partial charge >= 0.3 is 12.5 Å². The summed E-state index contributed by atoms with van der Waals surface area (Å²) >= 11 is 0. The monoisotopic (exact) mass is 867 g/mol. The highest BCUT2D eigenvalue weighted by Gasteiger charge is 2.58. The maximum Gasteiger partial charge on any atom is 0.573 e. The number of hydrogen-bond acceptors (Lipinski definition) is 6. The van der Waals surface area contributed by atoms with Gasteiger partial charge in [-0.2, -0.15) is 0 Å². The smallest absolute Gasteiger partial charge is 0.410 e. The molecular weight excluding hydrogens is 816 g/mol. The molecule has 2 bridgehead atoms. The van der Waals surface area contributed by atoms with E-state index in [0.29, 0.717) is 61.0 Å². The van der Waals surface area contributed by atoms with E-state index >= 15 is 0 Å².